The second-order valence-electron chi connectivity index (χ2n) is 4.63. The van der Waals surface area contributed by atoms with E-state index in [1.54, 1.807) is 18.2 Å². The van der Waals surface area contributed by atoms with Crippen molar-refractivity contribution in [3.05, 3.63) is 34.6 Å². The van der Waals surface area contributed by atoms with Crippen LogP contribution in [0.2, 0.25) is 5.02 Å². The lowest BCUT2D eigenvalue weighted by atomic mass is 9.79. The van der Waals surface area contributed by atoms with E-state index in [4.69, 9.17) is 17.3 Å². The molecule has 1 atom stereocenters. The van der Waals surface area contributed by atoms with Crippen molar-refractivity contribution in [1.82, 2.24) is 0 Å². The molecule has 0 fully saturated rings. The van der Waals surface area contributed by atoms with E-state index < -0.39 is 0 Å². The smallest absolute Gasteiger partial charge is 0.145 e. The van der Waals surface area contributed by atoms with Crippen LogP contribution in [0.3, 0.4) is 0 Å². The maximum Gasteiger partial charge on any atom is 0.145 e. The molecule has 0 spiro atoms. The van der Waals surface area contributed by atoms with Gasteiger partial charge >= 0.3 is 0 Å². The van der Waals surface area contributed by atoms with Gasteiger partial charge in [-0.15, -0.1) is 0 Å². The van der Waals surface area contributed by atoms with Gasteiger partial charge in [0.25, 0.3) is 0 Å². The van der Waals surface area contributed by atoms with Crippen LogP contribution in [-0.2, 0) is 6.42 Å². The van der Waals surface area contributed by atoms with Crippen molar-refractivity contribution in [1.29, 1.82) is 0 Å². The predicted molar refractivity (Wildman–Crippen MR) is 67.2 cm³/mol. The van der Waals surface area contributed by atoms with Gasteiger partial charge in [0.05, 0.1) is 5.02 Å². The Morgan fingerprint density at radius 2 is 2.06 bits per heavy atom. The fourth-order valence-electron chi connectivity index (χ4n) is 1.78. The van der Waals surface area contributed by atoms with Crippen molar-refractivity contribution >= 4 is 11.6 Å². The van der Waals surface area contributed by atoms with Crippen LogP contribution in [0, 0.1) is 11.7 Å². The monoisotopic (exact) mass is 243 g/mol. The Balaban J connectivity index is 2.99. The quantitative estimate of drug-likeness (QED) is 0.856. The third-order valence-electron chi connectivity index (χ3n) is 3.36. The summed E-state index contributed by atoms with van der Waals surface area (Å²) in [7, 11) is 0. The zero-order chi connectivity index (χ0) is 12.3. The van der Waals surface area contributed by atoms with Crippen LogP contribution in [0.4, 0.5) is 4.39 Å². The first-order valence-corrected chi connectivity index (χ1v) is 6.00. The minimum Gasteiger partial charge on any atom is -0.325 e. The van der Waals surface area contributed by atoms with Gasteiger partial charge in [-0.1, -0.05) is 44.5 Å². The molecule has 1 aromatic carbocycles. The molecule has 2 N–H and O–H groups in total. The van der Waals surface area contributed by atoms with Crippen molar-refractivity contribution < 1.29 is 4.39 Å². The summed E-state index contributed by atoms with van der Waals surface area (Å²) in [4.78, 5) is 0. The van der Waals surface area contributed by atoms with Gasteiger partial charge in [0.1, 0.15) is 5.82 Å². The molecule has 0 bridgehead atoms. The van der Waals surface area contributed by atoms with E-state index in [-0.39, 0.29) is 16.4 Å². The molecule has 0 aromatic heterocycles. The Bertz CT molecular complexity index is 365. The maximum atomic E-state index is 13.7. The molecule has 1 aromatic rings. The number of nitrogens with two attached hydrogens (primary N) is 1. The van der Waals surface area contributed by atoms with Crippen molar-refractivity contribution in [2.45, 2.75) is 39.2 Å². The van der Waals surface area contributed by atoms with Crippen LogP contribution in [0.1, 0.15) is 32.8 Å². The molecule has 0 aliphatic carbocycles. The molecule has 1 unspecified atom stereocenters. The predicted octanol–water partition coefficient (Wildman–Crippen LogP) is 3.79. The zero-order valence-electron chi connectivity index (χ0n) is 10.1. The molecular formula is C13H19ClFN. The highest BCUT2D eigenvalue weighted by molar-refractivity contribution is 6.30. The molecule has 1 rings (SSSR count). The van der Waals surface area contributed by atoms with Crippen LogP contribution < -0.4 is 5.73 Å². The van der Waals surface area contributed by atoms with E-state index in [2.05, 4.69) is 13.8 Å². The van der Waals surface area contributed by atoms with Gasteiger partial charge in [-0.25, -0.2) is 4.39 Å². The van der Waals surface area contributed by atoms with Gasteiger partial charge < -0.3 is 5.73 Å². The van der Waals surface area contributed by atoms with Crippen LogP contribution in [0.5, 0.6) is 0 Å². The topological polar surface area (TPSA) is 26.0 Å². The first kappa shape index (κ1) is 13.5. The van der Waals surface area contributed by atoms with Crippen LogP contribution in [0.15, 0.2) is 18.2 Å². The summed E-state index contributed by atoms with van der Waals surface area (Å²) in [6.45, 7) is 6.15. The molecule has 1 nitrogen and oxygen atoms in total. The van der Waals surface area contributed by atoms with Gasteiger partial charge in [0, 0.05) is 5.54 Å². The summed E-state index contributed by atoms with van der Waals surface area (Å²) in [5.74, 6) is -0.0380. The minimum atomic E-state index is -0.370. The van der Waals surface area contributed by atoms with Gasteiger partial charge in [-0.2, -0.15) is 0 Å². The molecule has 0 heterocycles. The van der Waals surface area contributed by atoms with Crippen LogP contribution in [-0.4, -0.2) is 5.54 Å². The van der Waals surface area contributed by atoms with E-state index in [1.807, 2.05) is 6.92 Å². The van der Waals surface area contributed by atoms with E-state index in [9.17, 15) is 4.39 Å². The van der Waals surface area contributed by atoms with E-state index in [1.165, 1.54) is 0 Å². The Hall–Kier alpha value is -0.600. The standard InChI is InChI=1S/C13H19ClFN/c1-4-13(16,9(2)3)8-10-6-5-7-11(14)12(10)15/h5-7,9H,4,8,16H2,1-3H3. The second kappa shape index (κ2) is 5.15. The Labute approximate surface area is 102 Å². The molecule has 0 amide bonds. The molecule has 90 valence electrons. The van der Waals surface area contributed by atoms with Gasteiger partial charge in [-0.3, -0.25) is 0 Å². The fourth-order valence-corrected chi connectivity index (χ4v) is 1.97. The SMILES string of the molecule is CCC(N)(Cc1cccc(Cl)c1F)C(C)C. The van der Waals surface area contributed by atoms with Crippen molar-refractivity contribution in [3.63, 3.8) is 0 Å². The molecular weight excluding hydrogens is 225 g/mol. The number of hydrogen-bond acceptors (Lipinski definition) is 1. The highest BCUT2D eigenvalue weighted by Gasteiger charge is 2.28. The number of halogens is 2. The third kappa shape index (κ3) is 2.74. The van der Waals surface area contributed by atoms with Crippen molar-refractivity contribution in [3.8, 4) is 0 Å². The maximum absolute atomic E-state index is 13.7. The first-order chi connectivity index (χ1) is 7.40. The highest BCUT2D eigenvalue weighted by Crippen LogP contribution is 2.26. The van der Waals surface area contributed by atoms with Gasteiger partial charge in [0.15, 0.2) is 0 Å². The second-order valence-corrected chi connectivity index (χ2v) is 5.04. The largest absolute Gasteiger partial charge is 0.325 e. The number of benzene rings is 1. The molecule has 16 heavy (non-hydrogen) atoms. The Morgan fingerprint density at radius 1 is 1.44 bits per heavy atom. The lowest BCUT2D eigenvalue weighted by Gasteiger charge is -2.33. The molecule has 0 aliphatic rings. The Morgan fingerprint density at radius 3 is 2.56 bits per heavy atom. The normalized spacial score (nSPS) is 15.2. The van der Waals surface area contributed by atoms with Crippen LogP contribution in [0.25, 0.3) is 0 Å². The van der Waals surface area contributed by atoms with E-state index >= 15 is 0 Å². The minimum absolute atomic E-state index is 0.166. The van der Waals surface area contributed by atoms with Crippen molar-refractivity contribution in [2.75, 3.05) is 0 Å². The molecule has 0 radical (unpaired) electrons. The summed E-state index contributed by atoms with van der Waals surface area (Å²) in [6, 6.07) is 5.07. The summed E-state index contributed by atoms with van der Waals surface area (Å²) in [6.07, 6.45) is 1.34. The zero-order valence-corrected chi connectivity index (χ0v) is 10.8. The average molecular weight is 244 g/mol. The Kier molecular flexibility index (Phi) is 4.34. The lowest BCUT2D eigenvalue weighted by Crippen LogP contribution is -2.46. The van der Waals surface area contributed by atoms with Crippen LogP contribution >= 0.6 is 11.6 Å². The number of hydrogen-bond donors (Lipinski definition) is 1. The van der Waals surface area contributed by atoms with Gasteiger partial charge in [0.2, 0.25) is 0 Å². The highest BCUT2D eigenvalue weighted by atomic mass is 35.5. The molecule has 3 heteroatoms. The van der Waals surface area contributed by atoms with E-state index in [0.29, 0.717) is 17.9 Å². The summed E-state index contributed by atoms with van der Waals surface area (Å²) < 4.78 is 13.7. The lowest BCUT2D eigenvalue weighted by molar-refractivity contribution is 0.293. The number of rotatable bonds is 4. The summed E-state index contributed by atoms with van der Waals surface area (Å²) in [5.41, 5.74) is 6.51. The average Bonchev–Trinajstić information content (AvgIpc) is 2.24. The third-order valence-corrected chi connectivity index (χ3v) is 3.65. The van der Waals surface area contributed by atoms with Crippen molar-refractivity contribution in [2.24, 2.45) is 11.7 Å². The van der Waals surface area contributed by atoms with Gasteiger partial charge in [-0.05, 0) is 30.4 Å². The molecule has 0 aliphatic heterocycles. The molecule has 0 saturated heterocycles. The fraction of sp³-hybridized carbons (Fsp3) is 0.538. The van der Waals surface area contributed by atoms with E-state index in [0.717, 1.165) is 6.42 Å². The molecule has 0 saturated carbocycles. The first-order valence-electron chi connectivity index (χ1n) is 5.62. The summed E-state index contributed by atoms with van der Waals surface area (Å²) >= 11 is 5.75. The summed E-state index contributed by atoms with van der Waals surface area (Å²) in [5, 5.41) is 0.166.